The van der Waals surface area contributed by atoms with E-state index in [2.05, 4.69) is 35.1 Å². The molecule has 0 spiro atoms. The highest BCUT2D eigenvalue weighted by Gasteiger charge is 1.92. The molecule has 0 bridgehead atoms. The normalized spacial score (nSPS) is 9.29. The minimum absolute atomic E-state index is 3.22. The molecule has 0 unspecified atom stereocenters. The van der Waals surface area contributed by atoms with E-state index in [9.17, 15) is 0 Å². The van der Waals surface area contributed by atoms with E-state index in [1.807, 2.05) is 0 Å². The van der Waals surface area contributed by atoms with E-state index in [0.717, 1.165) is 0 Å². The van der Waals surface area contributed by atoms with Crippen molar-refractivity contribution < 1.29 is 14.7 Å². The average molecular weight is 180 g/mol. The third-order valence-electron chi connectivity index (χ3n) is 0. The van der Waals surface area contributed by atoms with Crippen LogP contribution in [0.1, 0.15) is 0 Å². The zero-order valence-corrected chi connectivity index (χ0v) is 6.59. The van der Waals surface area contributed by atoms with E-state index in [1.54, 1.807) is 0 Å². The lowest BCUT2D eigenvalue weighted by molar-refractivity contribution is 0.363. The number of thiol groups is 2. The third kappa shape index (κ3) is 131. The van der Waals surface area contributed by atoms with Gasteiger partial charge in [-0.2, -0.15) is 0 Å². The predicted molar refractivity (Wildman–Crippen MR) is 38.9 cm³/mol. The van der Waals surface area contributed by atoms with E-state index < -0.39 is 6.72 Å². The molecule has 0 aliphatic heterocycles. The quantitative estimate of drug-likeness (QED) is 0.206. The van der Waals surface area contributed by atoms with Crippen molar-refractivity contribution in [2.24, 2.45) is 0 Å². The molecule has 3 N–H and O–H groups in total. The average Bonchev–Trinajstić information content (AvgIpc) is 1.36. The fourth-order valence-electron chi connectivity index (χ4n) is 0. The van der Waals surface area contributed by atoms with Gasteiger partial charge in [0.25, 0.3) is 0 Å². The smallest absolute Gasteiger partial charge is 0.319 e. The molecule has 3 nitrogen and oxygen atoms in total. The lowest BCUT2D eigenvalue weighted by Crippen LogP contribution is -1.65. The second-order valence-electron chi connectivity index (χ2n) is 0.513. The Kier molecular flexibility index (Phi) is 8.50. The van der Waals surface area contributed by atoms with Gasteiger partial charge < -0.3 is 14.7 Å². The van der Waals surface area contributed by atoms with Gasteiger partial charge >= 0.3 is 6.72 Å². The van der Waals surface area contributed by atoms with Crippen molar-refractivity contribution in [1.82, 2.24) is 0 Å². The molecule has 0 aromatic carbocycles. The monoisotopic (exact) mass is 180 g/mol. The fraction of sp³-hybridized carbons (Fsp3) is 0. The first kappa shape index (κ1) is 11.1. The second kappa shape index (κ2) is 5.37. The van der Waals surface area contributed by atoms with Crippen LogP contribution in [0.25, 0.3) is 0 Å². The summed E-state index contributed by atoms with van der Waals surface area (Å²) in [6.07, 6.45) is 0. The summed E-state index contributed by atoms with van der Waals surface area (Å²) in [5.41, 5.74) is 0. The summed E-state index contributed by atoms with van der Waals surface area (Å²) >= 11 is 10.0. The summed E-state index contributed by atoms with van der Waals surface area (Å²) in [5, 5.41) is 0. The van der Waals surface area contributed by atoms with Crippen molar-refractivity contribution in [3.05, 3.63) is 0 Å². The Morgan fingerprint density at radius 3 is 1.14 bits per heavy atom. The third-order valence-corrected chi connectivity index (χ3v) is 0. The Bertz CT molecular complexity index is 56.3. The summed E-state index contributed by atoms with van der Waals surface area (Å²) in [6.45, 7) is -3.81. The molecule has 7 heteroatoms. The van der Waals surface area contributed by atoms with Crippen molar-refractivity contribution in [2.45, 2.75) is 0 Å². The van der Waals surface area contributed by atoms with E-state index in [4.69, 9.17) is 14.7 Å². The molecule has 0 heterocycles. The van der Waals surface area contributed by atoms with E-state index >= 15 is 0 Å². The van der Waals surface area contributed by atoms with Gasteiger partial charge in [-0.1, -0.05) is 0 Å². The molecular weight excluding hydrogens is 175 g/mol. The van der Waals surface area contributed by atoms with Crippen molar-refractivity contribution in [3.8, 4) is 0 Å². The molecule has 7 heavy (non-hydrogen) atoms. The van der Waals surface area contributed by atoms with Crippen molar-refractivity contribution >= 4 is 41.8 Å². The van der Waals surface area contributed by atoms with Gasteiger partial charge in [-0.15, -0.1) is 23.3 Å². The summed E-state index contributed by atoms with van der Waals surface area (Å²) in [7, 11) is 0. The Balaban J connectivity index is 0. The Morgan fingerprint density at radius 2 is 1.14 bits per heavy atom. The van der Waals surface area contributed by atoms with Gasteiger partial charge in [-0.05, 0) is 11.8 Å². The maximum Gasteiger partial charge on any atom is 0.319 e. The fourth-order valence-corrected chi connectivity index (χ4v) is 0. The summed E-state index contributed by atoms with van der Waals surface area (Å²) in [4.78, 5) is 22.7. The zero-order chi connectivity index (χ0) is 6.50. The molecule has 46 valence electrons. The van der Waals surface area contributed by atoms with Gasteiger partial charge in [0, 0.05) is 0 Å². The zero-order valence-electron chi connectivity index (χ0n) is 3.09. The van der Waals surface area contributed by atoms with Crippen molar-refractivity contribution in [3.63, 3.8) is 0 Å². The van der Waals surface area contributed by atoms with Gasteiger partial charge in [0.2, 0.25) is 0 Å². The number of rotatable bonds is 0. The standard InChI is InChI=1S/H3O3PS.H2S2/c1-4(2,3)5;1-2/h(H3,1,2,3,5);1-2H. The maximum absolute atomic E-state index is 7.56. The minimum Gasteiger partial charge on any atom is -0.325 e. The van der Waals surface area contributed by atoms with Gasteiger partial charge in [0.05, 0.1) is 0 Å². The van der Waals surface area contributed by atoms with Crippen LogP contribution in [0.15, 0.2) is 0 Å². The summed E-state index contributed by atoms with van der Waals surface area (Å²) < 4.78 is 0. The summed E-state index contributed by atoms with van der Waals surface area (Å²) in [6, 6.07) is 0. The topological polar surface area (TPSA) is 60.7 Å². The molecule has 0 saturated heterocycles. The number of hydrogen-bond acceptors (Lipinski definition) is 3. The minimum atomic E-state index is -3.81. The lowest BCUT2D eigenvalue weighted by atomic mass is 15.8. The molecule has 0 atom stereocenters. The molecule has 0 aliphatic rings. The molecule has 0 fully saturated rings. The highest BCUT2D eigenvalue weighted by Crippen LogP contribution is 2.26. The molecule has 0 aliphatic carbocycles. The predicted octanol–water partition coefficient (Wildman–Crippen LogP) is -0.0512. The molecule has 0 aromatic heterocycles. The molecule has 0 saturated carbocycles. The van der Waals surface area contributed by atoms with Crippen LogP contribution in [-0.2, 0) is 11.8 Å². The molecular formula is H5O3PS3. The van der Waals surface area contributed by atoms with Gasteiger partial charge in [-0.3, -0.25) is 0 Å². The highest BCUT2D eigenvalue weighted by molar-refractivity contribution is 8.59. The largest absolute Gasteiger partial charge is 0.325 e. The van der Waals surface area contributed by atoms with Crippen LogP contribution in [0, 0.1) is 0 Å². The van der Waals surface area contributed by atoms with E-state index in [0.29, 0.717) is 0 Å². The maximum atomic E-state index is 7.56. The summed E-state index contributed by atoms with van der Waals surface area (Å²) in [5.74, 6) is 0. The molecule has 0 rings (SSSR count). The van der Waals surface area contributed by atoms with Crippen LogP contribution < -0.4 is 0 Å². The van der Waals surface area contributed by atoms with Crippen LogP contribution in [0.3, 0.4) is 0 Å². The molecule has 0 radical (unpaired) electrons. The first-order chi connectivity index (χ1) is 3.00. The first-order valence-corrected chi connectivity index (χ1v) is 5.24. The van der Waals surface area contributed by atoms with E-state index in [-0.39, 0.29) is 0 Å². The van der Waals surface area contributed by atoms with Crippen LogP contribution in [0.5, 0.6) is 0 Å². The lowest BCUT2D eigenvalue weighted by Gasteiger charge is -1.88. The Labute approximate surface area is 56.9 Å². The molecule has 0 aromatic rings. The van der Waals surface area contributed by atoms with Crippen LogP contribution in [0.4, 0.5) is 0 Å². The van der Waals surface area contributed by atoms with Gasteiger partial charge in [0.15, 0.2) is 0 Å². The van der Waals surface area contributed by atoms with Gasteiger partial charge in [-0.25, -0.2) is 0 Å². The second-order valence-corrected chi connectivity index (χ2v) is 3.01. The van der Waals surface area contributed by atoms with Crippen LogP contribution in [-0.4, -0.2) is 14.7 Å². The van der Waals surface area contributed by atoms with Gasteiger partial charge in [0.1, 0.15) is 0 Å². The highest BCUT2D eigenvalue weighted by atomic mass is 33.1. The SMILES string of the molecule is OP(O)(O)=S.SS. The Morgan fingerprint density at radius 1 is 1.14 bits per heavy atom. The molecule has 0 amide bonds. The number of hydrogen-bond donors (Lipinski definition) is 5. The van der Waals surface area contributed by atoms with Crippen molar-refractivity contribution in [1.29, 1.82) is 0 Å². The first-order valence-electron chi connectivity index (χ1n) is 0.983. The van der Waals surface area contributed by atoms with Crippen molar-refractivity contribution in [2.75, 3.05) is 0 Å². The van der Waals surface area contributed by atoms with E-state index in [1.165, 1.54) is 0 Å². The van der Waals surface area contributed by atoms with Crippen LogP contribution in [0.2, 0.25) is 0 Å². The Hall–Kier alpha value is 1.23. The van der Waals surface area contributed by atoms with Crippen LogP contribution >= 0.6 is 30.0 Å².